The van der Waals surface area contributed by atoms with Gasteiger partial charge in [-0.1, -0.05) is 279 Å². The summed E-state index contributed by atoms with van der Waals surface area (Å²) in [5.74, 6) is -0.893. The van der Waals surface area contributed by atoms with E-state index >= 15 is 0 Å². The number of hydrogen-bond donors (Lipinski definition) is 0. The summed E-state index contributed by atoms with van der Waals surface area (Å²) in [5.41, 5.74) is 0. The Morgan fingerprint density at radius 1 is 0.269 bits per heavy atom. The van der Waals surface area contributed by atoms with E-state index in [1.807, 2.05) is 0 Å². The molecule has 0 bridgehead atoms. The molecule has 0 radical (unpaired) electrons. The molecule has 0 aliphatic rings. The van der Waals surface area contributed by atoms with E-state index in [1.54, 1.807) is 0 Å². The molecule has 448 valence electrons. The maximum absolute atomic E-state index is 12.9. The van der Waals surface area contributed by atoms with Crippen molar-refractivity contribution >= 4 is 17.9 Å². The molecule has 0 aromatic carbocycles. The van der Waals surface area contributed by atoms with Crippen LogP contribution in [0.2, 0.25) is 0 Å². The fourth-order valence-corrected chi connectivity index (χ4v) is 9.32. The number of esters is 3. The average Bonchev–Trinajstić information content (AvgIpc) is 3.44. The van der Waals surface area contributed by atoms with E-state index in [9.17, 15) is 14.4 Å². The highest BCUT2D eigenvalue weighted by molar-refractivity contribution is 5.71. The van der Waals surface area contributed by atoms with Gasteiger partial charge in [0, 0.05) is 19.3 Å². The Morgan fingerprint density at radius 3 is 0.808 bits per heavy atom. The molecule has 1 unspecified atom stereocenters. The van der Waals surface area contributed by atoms with Crippen molar-refractivity contribution in [1.82, 2.24) is 0 Å². The standard InChI is InChI=1S/C72H124O6/c1-4-7-10-13-16-19-22-25-28-31-34-35-36-37-39-41-44-47-50-53-56-59-62-65-71(74)77-68-69(67-76-70(73)64-61-58-55-52-49-46-43-40-33-30-27-24-21-18-15-12-9-6-3)78-72(75)66-63-60-57-54-51-48-45-42-38-32-29-26-23-20-17-14-11-8-5-2/h7,10,16,19,21,24-26,28-30,33-35,37,39,69H,4-6,8-9,11-15,17-18,20,22-23,27,31-32,36,38,40-68H2,1-3H3/b10-7-,19-16-,24-21-,28-25-,29-26-,33-30-,35-34-,39-37-. The Labute approximate surface area is 483 Å². The molecule has 0 aliphatic heterocycles. The molecule has 0 saturated heterocycles. The molecule has 0 N–H and O–H groups in total. The average molecular weight is 1090 g/mol. The van der Waals surface area contributed by atoms with Crippen LogP contribution in [0.25, 0.3) is 0 Å². The van der Waals surface area contributed by atoms with Gasteiger partial charge < -0.3 is 14.2 Å². The zero-order valence-electron chi connectivity index (χ0n) is 51.4. The van der Waals surface area contributed by atoms with Crippen LogP contribution >= 0.6 is 0 Å². The van der Waals surface area contributed by atoms with Gasteiger partial charge in [0.05, 0.1) is 0 Å². The summed E-state index contributed by atoms with van der Waals surface area (Å²) in [6.45, 7) is 6.52. The molecular weight excluding hydrogens is 961 g/mol. The molecule has 0 heterocycles. The third-order valence-corrected chi connectivity index (χ3v) is 14.3. The summed E-state index contributed by atoms with van der Waals surface area (Å²) in [6.07, 6.45) is 88.3. The number of carbonyl (C=O) groups is 3. The minimum atomic E-state index is -0.789. The number of hydrogen-bond acceptors (Lipinski definition) is 6. The Bertz CT molecular complexity index is 1530. The van der Waals surface area contributed by atoms with Gasteiger partial charge in [-0.15, -0.1) is 0 Å². The van der Waals surface area contributed by atoms with Gasteiger partial charge in [-0.2, -0.15) is 0 Å². The van der Waals surface area contributed by atoms with E-state index < -0.39 is 6.10 Å². The molecule has 0 aliphatic carbocycles. The van der Waals surface area contributed by atoms with Crippen LogP contribution in [0, 0.1) is 0 Å². The lowest BCUT2D eigenvalue weighted by Gasteiger charge is -2.18. The molecule has 6 nitrogen and oxygen atoms in total. The van der Waals surface area contributed by atoms with Crippen LogP contribution in [0.3, 0.4) is 0 Å². The predicted octanol–water partition coefficient (Wildman–Crippen LogP) is 22.8. The molecule has 0 aromatic rings. The van der Waals surface area contributed by atoms with Crippen LogP contribution in [0.5, 0.6) is 0 Å². The van der Waals surface area contributed by atoms with E-state index in [2.05, 4.69) is 118 Å². The van der Waals surface area contributed by atoms with Crippen LogP contribution in [-0.4, -0.2) is 37.2 Å². The molecule has 0 rings (SSSR count). The zero-order chi connectivity index (χ0) is 56.4. The van der Waals surface area contributed by atoms with E-state index in [1.165, 1.54) is 173 Å². The number of carbonyl (C=O) groups excluding carboxylic acids is 3. The van der Waals surface area contributed by atoms with Crippen molar-refractivity contribution in [2.75, 3.05) is 13.2 Å². The molecule has 0 aromatic heterocycles. The first-order chi connectivity index (χ1) is 38.5. The minimum Gasteiger partial charge on any atom is -0.462 e. The summed E-state index contributed by atoms with van der Waals surface area (Å²) in [5, 5.41) is 0. The molecular formula is C72H124O6. The largest absolute Gasteiger partial charge is 0.462 e. The molecule has 6 heteroatoms. The smallest absolute Gasteiger partial charge is 0.306 e. The fourth-order valence-electron chi connectivity index (χ4n) is 9.32. The van der Waals surface area contributed by atoms with Crippen molar-refractivity contribution in [2.24, 2.45) is 0 Å². The van der Waals surface area contributed by atoms with Gasteiger partial charge in [0.2, 0.25) is 0 Å². The Balaban J connectivity index is 4.41. The summed E-state index contributed by atoms with van der Waals surface area (Å²) < 4.78 is 17.0. The first-order valence-electron chi connectivity index (χ1n) is 33.2. The molecule has 0 saturated carbocycles. The minimum absolute atomic E-state index is 0.0851. The number of unbranched alkanes of at least 4 members (excludes halogenated alkanes) is 33. The van der Waals surface area contributed by atoms with Gasteiger partial charge in [-0.25, -0.2) is 0 Å². The fraction of sp³-hybridized carbons (Fsp3) is 0.736. The molecule has 0 spiro atoms. The van der Waals surface area contributed by atoms with Crippen molar-refractivity contribution in [3.8, 4) is 0 Å². The lowest BCUT2D eigenvalue weighted by atomic mass is 10.1. The third kappa shape index (κ3) is 63.2. The lowest BCUT2D eigenvalue weighted by Crippen LogP contribution is -2.30. The second-order valence-corrected chi connectivity index (χ2v) is 22.0. The third-order valence-electron chi connectivity index (χ3n) is 14.3. The van der Waals surface area contributed by atoms with E-state index in [0.717, 1.165) is 109 Å². The van der Waals surface area contributed by atoms with Gasteiger partial charge in [0.1, 0.15) is 13.2 Å². The number of allylic oxidation sites excluding steroid dienone is 16. The topological polar surface area (TPSA) is 78.9 Å². The Morgan fingerprint density at radius 2 is 0.500 bits per heavy atom. The molecule has 0 amide bonds. The molecule has 78 heavy (non-hydrogen) atoms. The molecule has 1 atom stereocenters. The first-order valence-corrected chi connectivity index (χ1v) is 33.2. The number of ether oxygens (including phenoxy) is 3. The maximum Gasteiger partial charge on any atom is 0.306 e. The van der Waals surface area contributed by atoms with Gasteiger partial charge in [-0.3, -0.25) is 14.4 Å². The quantitative estimate of drug-likeness (QED) is 0.0261. The second kappa shape index (κ2) is 65.8. The van der Waals surface area contributed by atoms with Crippen molar-refractivity contribution in [3.63, 3.8) is 0 Å². The second-order valence-electron chi connectivity index (χ2n) is 22.0. The number of rotatable bonds is 60. The monoisotopic (exact) mass is 1080 g/mol. The highest BCUT2D eigenvalue weighted by Crippen LogP contribution is 2.16. The normalized spacial score (nSPS) is 12.7. The predicted molar refractivity (Wildman–Crippen MR) is 339 cm³/mol. The SMILES string of the molecule is CC/C=C\C/C=C\C/C=C\C/C=C\C/C=C\CCCCCCCCCC(=O)OCC(COC(=O)CCCCCCCCC/C=C\C/C=C\CCCCCC)OC(=O)CCCCCCCCCCC/C=C\CCCCCCCC. The van der Waals surface area contributed by atoms with Crippen LogP contribution in [0.4, 0.5) is 0 Å². The highest BCUT2D eigenvalue weighted by atomic mass is 16.6. The van der Waals surface area contributed by atoms with Crippen molar-refractivity contribution < 1.29 is 28.6 Å². The van der Waals surface area contributed by atoms with Crippen molar-refractivity contribution in [1.29, 1.82) is 0 Å². The van der Waals surface area contributed by atoms with Crippen molar-refractivity contribution in [3.05, 3.63) is 97.2 Å². The summed E-state index contributed by atoms with van der Waals surface area (Å²) in [7, 11) is 0. The van der Waals surface area contributed by atoms with Crippen LogP contribution in [0.15, 0.2) is 97.2 Å². The van der Waals surface area contributed by atoms with Gasteiger partial charge in [-0.05, 0) is 122 Å². The van der Waals surface area contributed by atoms with E-state index in [-0.39, 0.29) is 31.1 Å². The van der Waals surface area contributed by atoms with Crippen molar-refractivity contribution in [2.45, 2.75) is 329 Å². The Kier molecular flexibility index (Phi) is 62.7. The summed E-state index contributed by atoms with van der Waals surface area (Å²) in [6, 6.07) is 0. The summed E-state index contributed by atoms with van der Waals surface area (Å²) in [4.78, 5) is 38.4. The lowest BCUT2D eigenvalue weighted by molar-refractivity contribution is -0.167. The van der Waals surface area contributed by atoms with Crippen LogP contribution < -0.4 is 0 Å². The van der Waals surface area contributed by atoms with Gasteiger partial charge in [0.25, 0.3) is 0 Å². The summed E-state index contributed by atoms with van der Waals surface area (Å²) >= 11 is 0. The highest BCUT2D eigenvalue weighted by Gasteiger charge is 2.19. The van der Waals surface area contributed by atoms with Crippen LogP contribution in [-0.2, 0) is 28.6 Å². The Hall–Kier alpha value is -3.67. The molecule has 0 fully saturated rings. The first kappa shape index (κ1) is 74.3. The van der Waals surface area contributed by atoms with Gasteiger partial charge in [0.15, 0.2) is 6.10 Å². The maximum atomic E-state index is 12.9. The van der Waals surface area contributed by atoms with Crippen LogP contribution in [0.1, 0.15) is 323 Å². The van der Waals surface area contributed by atoms with E-state index in [0.29, 0.717) is 19.3 Å². The van der Waals surface area contributed by atoms with E-state index in [4.69, 9.17) is 14.2 Å². The zero-order valence-corrected chi connectivity index (χ0v) is 51.4. The van der Waals surface area contributed by atoms with Gasteiger partial charge >= 0.3 is 17.9 Å².